The van der Waals surface area contributed by atoms with E-state index in [2.05, 4.69) is 9.97 Å². The Balaban J connectivity index is 1.56. The molecule has 2 aromatic rings. The summed E-state index contributed by atoms with van der Waals surface area (Å²) in [7, 11) is 0. The molecule has 30 heavy (non-hydrogen) atoms. The molecule has 164 valence electrons. The number of aromatic nitrogens is 2. The van der Waals surface area contributed by atoms with Gasteiger partial charge in [0.05, 0.1) is 13.2 Å². The molecule has 6 heteroatoms. The summed E-state index contributed by atoms with van der Waals surface area (Å²) in [5, 5.41) is 0. The highest BCUT2D eigenvalue weighted by Crippen LogP contribution is 2.19. The van der Waals surface area contributed by atoms with Crippen LogP contribution in [0.3, 0.4) is 0 Å². The number of carbonyl (C=O) groups excluding carboxylic acids is 1. The lowest BCUT2D eigenvalue weighted by Crippen LogP contribution is -2.04. The normalized spacial score (nSPS) is 10.9. The van der Waals surface area contributed by atoms with E-state index in [9.17, 15) is 4.79 Å². The Morgan fingerprint density at radius 1 is 0.833 bits per heavy atom. The molecule has 0 bridgehead atoms. The lowest BCUT2D eigenvalue weighted by atomic mass is 10.1. The number of nitrogens with zero attached hydrogens (tertiary/aromatic N) is 2. The van der Waals surface area contributed by atoms with Crippen molar-refractivity contribution >= 4 is 5.97 Å². The van der Waals surface area contributed by atoms with Crippen LogP contribution in [0.2, 0.25) is 0 Å². The van der Waals surface area contributed by atoms with Crippen LogP contribution >= 0.6 is 0 Å². The molecule has 0 amide bonds. The summed E-state index contributed by atoms with van der Waals surface area (Å²) in [5.74, 6) is 0.874. The van der Waals surface area contributed by atoms with Gasteiger partial charge in [-0.25, -0.2) is 9.97 Å². The van der Waals surface area contributed by atoms with Crippen LogP contribution in [0.25, 0.3) is 11.4 Å². The highest BCUT2D eigenvalue weighted by molar-refractivity contribution is 5.69. The van der Waals surface area contributed by atoms with E-state index in [4.69, 9.17) is 14.2 Å². The van der Waals surface area contributed by atoms with E-state index in [0.717, 1.165) is 43.6 Å². The predicted octanol–water partition coefficient (Wildman–Crippen LogP) is 5.01. The van der Waals surface area contributed by atoms with Gasteiger partial charge in [0.15, 0.2) is 5.82 Å². The molecule has 1 heterocycles. The Hall–Kier alpha value is -2.31. The first-order chi connectivity index (χ1) is 14.7. The Morgan fingerprint density at radius 2 is 1.47 bits per heavy atom. The average Bonchev–Trinajstić information content (AvgIpc) is 2.75. The van der Waals surface area contributed by atoms with Crippen molar-refractivity contribution in [1.29, 1.82) is 0 Å². The second-order valence-electron chi connectivity index (χ2n) is 7.21. The molecule has 0 radical (unpaired) electrons. The molecule has 0 spiro atoms. The number of ether oxygens (including phenoxy) is 3. The molecule has 0 fully saturated rings. The van der Waals surface area contributed by atoms with E-state index in [0.29, 0.717) is 24.8 Å². The minimum Gasteiger partial charge on any atom is -0.427 e. The van der Waals surface area contributed by atoms with Crippen molar-refractivity contribution < 1.29 is 19.0 Å². The third-order valence-electron chi connectivity index (χ3n) is 4.66. The van der Waals surface area contributed by atoms with E-state index < -0.39 is 0 Å². The summed E-state index contributed by atoms with van der Waals surface area (Å²) in [6.45, 7) is 6.38. The molecule has 0 saturated carbocycles. The summed E-state index contributed by atoms with van der Waals surface area (Å²) in [5.41, 5.74) is 2.07. The molecule has 6 nitrogen and oxygen atoms in total. The van der Waals surface area contributed by atoms with Crippen molar-refractivity contribution in [3.8, 4) is 17.1 Å². The van der Waals surface area contributed by atoms with Gasteiger partial charge >= 0.3 is 5.97 Å². The van der Waals surface area contributed by atoms with Gasteiger partial charge in [0.1, 0.15) is 5.75 Å². The molecule has 0 atom stereocenters. The van der Waals surface area contributed by atoms with Crippen LogP contribution in [0, 0.1) is 0 Å². The molecular formula is C24H34N2O4. The van der Waals surface area contributed by atoms with Crippen LogP contribution in [0.4, 0.5) is 0 Å². The molecule has 2 rings (SSSR count). The monoisotopic (exact) mass is 414 g/mol. The molecular weight excluding hydrogens is 380 g/mol. The van der Waals surface area contributed by atoms with Gasteiger partial charge in [-0.3, -0.25) is 4.79 Å². The summed E-state index contributed by atoms with van der Waals surface area (Å²) in [4.78, 5) is 19.9. The number of rotatable bonds is 15. The molecule has 0 aliphatic rings. The fraction of sp³-hybridized carbons (Fsp3) is 0.542. The number of hydrogen-bond acceptors (Lipinski definition) is 6. The van der Waals surface area contributed by atoms with E-state index in [1.807, 2.05) is 31.5 Å². The van der Waals surface area contributed by atoms with E-state index in [1.54, 1.807) is 12.1 Å². The van der Waals surface area contributed by atoms with Crippen LogP contribution in [0.15, 0.2) is 36.7 Å². The lowest BCUT2D eigenvalue weighted by Gasteiger charge is -2.06. The molecule has 0 unspecified atom stereocenters. The van der Waals surface area contributed by atoms with Gasteiger partial charge in [0.25, 0.3) is 0 Å². The van der Waals surface area contributed by atoms with Crippen LogP contribution in [-0.4, -0.2) is 42.4 Å². The summed E-state index contributed by atoms with van der Waals surface area (Å²) in [6, 6.07) is 7.22. The Morgan fingerprint density at radius 3 is 2.13 bits per heavy atom. The van der Waals surface area contributed by atoms with Crippen LogP contribution in [-0.2, 0) is 20.7 Å². The molecule has 1 aromatic heterocycles. The molecule has 0 aliphatic heterocycles. The van der Waals surface area contributed by atoms with E-state index >= 15 is 0 Å². The lowest BCUT2D eigenvalue weighted by molar-refractivity contribution is -0.131. The van der Waals surface area contributed by atoms with Gasteiger partial charge in [-0.05, 0) is 56.0 Å². The van der Waals surface area contributed by atoms with E-state index in [-0.39, 0.29) is 5.97 Å². The fourth-order valence-electron chi connectivity index (χ4n) is 3.08. The highest BCUT2D eigenvalue weighted by Gasteiger charge is 2.04. The van der Waals surface area contributed by atoms with Crippen LogP contribution < -0.4 is 4.74 Å². The topological polar surface area (TPSA) is 70.5 Å². The van der Waals surface area contributed by atoms with Gasteiger partial charge in [-0.1, -0.05) is 25.7 Å². The number of carbonyl (C=O) groups is 1. The first-order valence-corrected chi connectivity index (χ1v) is 10.9. The quantitative estimate of drug-likeness (QED) is 0.232. The number of hydrogen-bond donors (Lipinski definition) is 0. The zero-order chi connectivity index (χ0) is 21.4. The van der Waals surface area contributed by atoms with Crippen molar-refractivity contribution in [1.82, 2.24) is 9.97 Å². The van der Waals surface area contributed by atoms with Gasteiger partial charge in [0.2, 0.25) is 0 Å². The summed E-state index contributed by atoms with van der Waals surface area (Å²) in [6.07, 6.45) is 12.1. The maximum atomic E-state index is 11.0. The van der Waals surface area contributed by atoms with E-state index in [1.165, 1.54) is 32.6 Å². The largest absolute Gasteiger partial charge is 0.427 e. The Kier molecular flexibility index (Phi) is 11.7. The maximum Gasteiger partial charge on any atom is 0.308 e. The zero-order valence-corrected chi connectivity index (χ0v) is 18.3. The second-order valence-corrected chi connectivity index (χ2v) is 7.21. The Bertz CT molecular complexity index is 717. The fourth-order valence-corrected chi connectivity index (χ4v) is 3.08. The van der Waals surface area contributed by atoms with Crippen molar-refractivity contribution in [2.24, 2.45) is 0 Å². The minimum absolute atomic E-state index is 0.328. The number of unbranched alkanes of at least 4 members (excludes halogenated alkanes) is 5. The second kappa shape index (κ2) is 14.6. The first-order valence-electron chi connectivity index (χ1n) is 10.9. The van der Waals surface area contributed by atoms with Gasteiger partial charge < -0.3 is 14.2 Å². The van der Waals surface area contributed by atoms with Crippen molar-refractivity contribution in [3.63, 3.8) is 0 Å². The zero-order valence-electron chi connectivity index (χ0n) is 18.3. The maximum absolute atomic E-state index is 11.0. The average molecular weight is 415 g/mol. The summed E-state index contributed by atoms with van der Waals surface area (Å²) >= 11 is 0. The van der Waals surface area contributed by atoms with Gasteiger partial charge in [-0.15, -0.1) is 0 Å². The van der Waals surface area contributed by atoms with Crippen molar-refractivity contribution in [2.75, 3.05) is 26.4 Å². The number of benzene rings is 1. The molecule has 1 aromatic carbocycles. The van der Waals surface area contributed by atoms with Crippen LogP contribution in [0.5, 0.6) is 5.75 Å². The SMILES string of the molecule is CCOCCOCCCCCCCCc1cnc(-c2ccc(OC(C)=O)cc2)nc1. The standard InChI is InChI=1S/C24H34N2O4/c1-3-28-16-17-29-15-9-7-5-4-6-8-10-21-18-25-24(26-19-21)22-11-13-23(14-12-22)30-20(2)27/h11-14,18-19H,3-10,15-17H2,1-2H3. The van der Waals surface area contributed by atoms with Gasteiger partial charge in [0, 0.05) is 38.1 Å². The number of aryl methyl sites for hydroxylation is 1. The Labute approximate surface area is 180 Å². The summed E-state index contributed by atoms with van der Waals surface area (Å²) < 4.78 is 15.8. The van der Waals surface area contributed by atoms with Crippen molar-refractivity contribution in [3.05, 3.63) is 42.2 Å². The smallest absolute Gasteiger partial charge is 0.308 e. The third kappa shape index (κ3) is 9.94. The number of esters is 1. The molecule has 0 aliphatic carbocycles. The minimum atomic E-state index is -0.328. The molecule has 0 N–H and O–H groups in total. The van der Waals surface area contributed by atoms with Crippen LogP contribution in [0.1, 0.15) is 57.9 Å². The third-order valence-corrected chi connectivity index (χ3v) is 4.66. The molecule has 0 saturated heterocycles. The predicted molar refractivity (Wildman–Crippen MR) is 117 cm³/mol. The highest BCUT2D eigenvalue weighted by atomic mass is 16.5. The first kappa shape index (κ1) is 24.0. The van der Waals surface area contributed by atoms with Gasteiger partial charge in [-0.2, -0.15) is 0 Å². The van der Waals surface area contributed by atoms with Crippen molar-refractivity contribution in [2.45, 2.75) is 58.8 Å².